The Morgan fingerprint density at radius 3 is 2.39 bits per heavy atom. The number of benzene rings is 2. The second-order valence-corrected chi connectivity index (χ2v) is 10.7. The van der Waals surface area contributed by atoms with Gasteiger partial charge in [-0.25, -0.2) is 14.3 Å². The first-order chi connectivity index (χ1) is 19.5. The largest absolute Gasteiger partial charge is 0.444 e. The van der Waals surface area contributed by atoms with E-state index in [1.54, 1.807) is 22.7 Å². The molecule has 2 heterocycles. The fourth-order valence-corrected chi connectivity index (χ4v) is 4.30. The first kappa shape index (κ1) is 29.3. The van der Waals surface area contributed by atoms with E-state index in [-0.39, 0.29) is 13.1 Å². The Bertz CT molecular complexity index is 1500. The zero-order valence-electron chi connectivity index (χ0n) is 24.3. The molecular formula is C30H37N7O4. The summed E-state index contributed by atoms with van der Waals surface area (Å²) in [6.45, 7) is 8.24. The molecule has 0 unspecified atom stereocenters. The Morgan fingerprint density at radius 1 is 1.00 bits per heavy atom. The van der Waals surface area contributed by atoms with Crippen molar-refractivity contribution in [1.82, 2.24) is 30.2 Å². The Balaban J connectivity index is 1.53. The second kappa shape index (κ2) is 12.7. The number of nitrogens with zero attached hydrogens (tertiary/aromatic N) is 4. The minimum absolute atomic E-state index is 0.225. The number of rotatable bonds is 9. The predicted molar refractivity (Wildman–Crippen MR) is 157 cm³/mol. The normalized spacial score (nSPS) is 11.3. The van der Waals surface area contributed by atoms with Crippen molar-refractivity contribution in [1.29, 1.82) is 0 Å². The van der Waals surface area contributed by atoms with Crippen molar-refractivity contribution in [3.63, 3.8) is 0 Å². The van der Waals surface area contributed by atoms with Crippen LogP contribution < -0.4 is 16.0 Å². The molecule has 0 bridgehead atoms. The fraction of sp³-hybridized carbons (Fsp3) is 0.333. The first-order valence-corrected chi connectivity index (χ1v) is 13.3. The molecular weight excluding hydrogens is 522 g/mol. The molecule has 0 aliphatic rings. The average Bonchev–Trinajstić information content (AvgIpc) is 3.49. The van der Waals surface area contributed by atoms with Crippen molar-refractivity contribution in [3.8, 4) is 16.9 Å². The third-order valence-electron chi connectivity index (χ3n) is 6.18. The van der Waals surface area contributed by atoms with Crippen LogP contribution in [0.2, 0.25) is 0 Å². The van der Waals surface area contributed by atoms with E-state index in [1.165, 1.54) is 0 Å². The van der Waals surface area contributed by atoms with Crippen LogP contribution in [-0.2, 0) is 36.2 Å². The van der Waals surface area contributed by atoms with Crippen LogP contribution in [0.3, 0.4) is 0 Å². The van der Waals surface area contributed by atoms with Crippen LogP contribution in [0.1, 0.15) is 43.0 Å². The molecule has 4 aromatic rings. The summed E-state index contributed by atoms with van der Waals surface area (Å²) in [4.78, 5) is 25.4. The molecule has 0 saturated heterocycles. The molecule has 41 heavy (non-hydrogen) atoms. The average molecular weight is 560 g/mol. The number of hydrogen-bond acceptors (Lipinski definition) is 6. The molecule has 11 heteroatoms. The molecule has 3 amide bonds. The van der Waals surface area contributed by atoms with Gasteiger partial charge in [0.15, 0.2) is 0 Å². The van der Waals surface area contributed by atoms with E-state index in [1.807, 2.05) is 89.5 Å². The summed E-state index contributed by atoms with van der Waals surface area (Å²) in [6, 6.07) is 15.0. The number of methoxy groups -OCH3 is 1. The molecule has 0 radical (unpaired) electrons. The Labute approximate surface area is 239 Å². The van der Waals surface area contributed by atoms with Crippen LogP contribution in [-0.4, -0.2) is 44.4 Å². The number of hydrogen-bond donors (Lipinski definition) is 3. The maximum atomic E-state index is 13.2. The van der Waals surface area contributed by atoms with E-state index in [0.717, 1.165) is 39.2 Å². The number of para-hydroxylation sites is 1. The molecule has 0 spiro atoms. The van der Waals surface area contributed by atoms with E-state index in [0.29, 0.717) is 12.4 Å². The van der Waals surface area contributed by atoms with Gasteiger partial charge in [-0.3, -0.25) is 10.00 Å². The molecule has 2 aromatic heterocycles. The molecule has 0 aliphatic carbocycles. The zero-order chi connectivity index (χ0) is 29.6. The van der Waals surface area contributed by atoms with Crippen molar-refractivity contribution in [2.24, 2.45) is 7.05 Å². The Morgan fingerprint density at radius 2 is 1.73 bits per heavy atom. The topological polar surface area (TPSA) is 124 Å². The van der Waals surface area contributed by atoms with Crippen molar-refractivity contribution >= 4 is 17.9 Å². The molecule has 0 fully saturated rings. The summed E-state index contributed by atoms with van der Waals surface area (Å²) in [5.74, 6) is 0.549. The molecule has 0 aliphatic heterocycles. The highest BCUT2D eigenvalue weighted by molar-refractivity contribution is 5.90. The van der Waals surface area contributed by atoms with Crippen LogP contribution in [0.5, 0.6) is 0 Å². The number of alkyl carbamates (subject to hydrolysis) is 1. The van der Waals surface area contributed by atoms with Crippen LogP contribution in [0.25, 0.3) is 16.9 Å². The van der Waals surface area contributed by atoms with E-state index in [2.05, 4.69) is 21.0 Å². The standard InChI is InChI=1S/C30H37N7O4/c1-20-26(24-17-33-36(5)18-24)35-37(25-10-8-7-9-11-25)27(20)34-28(38)31-16-23-14-21(19-40-6)12-13-22(23)15-32-29(39)41-30(2,3)4/h7-14,17-18H,15-16,19H2,1-6H3,(H,32,39)(H2,31,34,38). The molecule has 216 valence electrons. The van der Waals surface area contributed by atoms with E-state index < -0.39 is 17.7 Å². The van der Waals surface area contributed by atoms with Gasteiger partial charge in [0, 0.05) is 44.6 Å². The molecule has 0 saturated carbocycles. The number of anilines is 1. The van der Waals surface area contributed by atoms with Crippen molar-refractivity contribution in [2.45, 2.75) is 53.0 Å². The lowest BCUT2D eigenvalue weighted by atomic mass is 10.0. The van der Waals surface area contributed by atoms with Gasteiger partial charge in [0.2, 0.25) is 0 Å². The molecule has 11 nitrogen and oxygen atoms in total. The monoisotopic (exact) mass is 559 g/mol. The van der Waals surface area contributed by atoms with Gasteiger partial charge in [0.05, 0.1) is 18.5 Å². The second-order valence-electron chi connectivity index (χ2n) is 10.7. The maximum absolute atomic E-state index is 13.2. The lowest BCUT2D eigenvalue weighted by molar-refractivity contribution is 0.0523. The number of aryl methyl sites for hydroxylation is 1. The third-order valence-corrected chi connectivity index (χ3v) is 6.18. The van der Waals surface area contributed by atoms with E-state index >= 15 is 0 Å². The maximum Gasteiger partial charge on any atom is 0.407 e. The van der Waals surface area contributed by atoms with Gasteiger partial charge in [0.1, 0.15) is 17.1 Å². The van der Waals surface area contributed by atoms with Gasteiger partial charge in [-0.2, -0.15) is 10.2 Å². The van der Waals surface area contributed by atoms with Gasteiger partial charge >= 0.3 is 12.1 Å². The number of carbonyl (C=O) groups is 2. The summed E-state index contributed by atoms with van der Waals surface area (Å²) in [7, 11) is 3.47. The third kappa shape index (κ3) is 7.73. The highest BCUT2D eigenvalue weighted by Gasteiger charge is 2.20. The van der Waals surface area contributed by atoms with Crippen LogP contribution >= 0.6 is 0 Å². The van der Waals surface area contributed by atoms with Crippen LogP contribution in [0.4, 0.5) is 15.4 Å². The number of amides is 3. The van der Waals surface area contributed by atoms with Gasteiger partial charge in [-0.05, 0) is 56.5 Å². The molecule has 3 N–H and O–H groups in total. The minimum Gasteiger partial charge on any atom is -0.444 e. The van der Waals surface area contributed by atoms with E-state index in [4.69, 9.17) is 14.6 Å². The molecule has 4 rings (SSSR count). The smallest absolute Gasteiger partial charge is 0.407 e. The van der Waals surface area contributed by atoms with Crippen LogP contribution in [0, 0.1) is 6.92 Å². The fourth-order valence-electron chi connectivity index (χ4n) is 4.30. The summed E-state index contributed by atoms with van der Waals surface area (Å²) < 4.78 is 14.1. The summed E-state index contributed by atoms with van der Waals surface area (Å²) in [6.07, 6.45) is 3.12. The van der Waals surface area contributed by atoms with Crippen molar-refractivity contribution in [3.05, 3.63) is 83.2 Å². The molecule has 0 atom stereocenters. The van der Waals surface area contributed by atoms with Gasteiger partial charge < -0.3 is 20.1 Å². The Hall–Kier alpha value is -4.64. The summed E-state index contributed by atoms with van der Waals surface area (Å²) >= 11 is 0. The van der Waals surface area contributed by atoms with Gasteiger partial charge in [-0.1, -0.05) is 36.4 Å². The van der Waals surface area contributed by atoms with E-state index in [9.17, 15) is 9.59 Å². The number of ether oxygens (including phenoxy) is 2. The quantitative estimate of drug-likeness (QED) is 0.263. The zero-order valence-corrected chi connectivity index (χ0v) is 24.3. The van der Waals surface area contributed by atoms with Gasteiger partial charge in [0.25, 0.3) is 0 Å². The highest BCUT2D eigenvalue weighted by atomic mass is 16.6. The first-order valence-electron chi connectivity index (χ1n) is 13.3. The highest BCUT2D eigenvalue weighted by Crippen LogP contribution is 2.30. The summed E-state index contributed by atoms with van der Waals surface area (Å²) in [5.41, 5.74) is 5.22. The van der Waals surface area contributed by atoms with Crippen molar-refractivity contribution in [2.75, 3.05) is 12.4 Å². The molecule has 2 aromatic carbocycles. The SMILES string of the molecule is COCc1ccc(CNC(=O)OC(C)(C)C)c(CNC(=O)Nc2c(C)c(-c3cnn(C)c3)nn2-c2ccccc2)c1. The lowest BCUT2D eigenvalue weighted by Crippen LogP contribution is -2.33. The lowest BCUT2D eigenvalue weighted by Gasteiger charge is -2.20. The van der Waals surface area contributed by atoms with Crippen molar-refractivity contribution < 1.29 is 19.1 Å². The predicted octanol–water partition coefficient (Wildman–Crippen LogP) is 5.07. The number of urea groups is 1. The van der Waals surface area contributed by atoms with Gasteiger partial charge in [-0.15, -0.1) is 0 Å². The Kier molecular flexibility index (Phi) is 9.08. The number of nitrogens with one attached hydrogen (secondary N) is 3. The summed E-state index contributed by atoms with van der Waals surface area (Å²) in [5, 5.41) is 17.8. The number of aromatic nitrogens is 4. The number of carbonyl (C=O) groups excluding carboxylic acids is 2. The minimum atomic E-state index is -0.601. The van der Waals surface area contributed by atoms with Crippen LogP contribution in [0.15, 0.2) is 60.9 Å².